The molecule has 0 heterocycles. The van der Waals surface area contributed by atoms with Gasteiger partial charge >= 0.3 is 0 Å². The van der Waals surface area contributed by atoms with Crippen LogP contribution in [-0.2, 0) is 10.8 Å². The van der Waals surface area contributed by atoms with Crippen molar-refractivity contribution in [1.82, 2.24) is 0 Å². The number of rotatable bonds is 19. The average Bonchev–Trinajstić information content (AvgIpc) is 1.54. The van der Waals surface area contributed by atoms with Gasteiger partial charge in [0.25, 0.3) is 0 Å². The SMILES string of the molecule is C=CCOc1ccc(C2(c3ccccc3)c3cc(-c4ccccc4)ccc3-c3ccc(N(c4ccc(-c5ccc(N(c6ccc(F)c(F)c6)c6ccc7c(c6)C(c6ccccc6)(c6ccc(OCC=C)cc6)c6cc(-c8ccccc8)ccc6-7)cc5)cc4)c4ccc(F)c(F)c4)cc32)cc1. The van der Waals surface area contributed by atoms with E-state index in [0.717, 1.165) is 112 Å². The monoisotopic (exact) mass is 1300 g/mol. The van der Waals surface area contributed by atoms with E-state index in [0.29, 0.717) is 47.5 Å². The first-order valence-electron chi connectivity index (χ1n) is 33.3. The fourth-order valence-corrected chi connectivity index (χ4v) is 15.1. The maximum Gasteiger partial charge on any atom is 0.160 e. The molecule has 100 heavy (non-hydrogen) atoms. The van der Waals surface area contributed by atoms with E-state index in [1.807, 2.05) is 107 Å². The molecule has 0 saturated carbocycles. The van der Waals surface area contributed by atoms with Crippen molar-refractivity contribution in [2.45, 2.75) is 10.8 Å². The Kier molecular flexibility index (Phi) is 16.3. The van der Waals surface area contributed by atoms with E-state index in [4.69, 9.17) is 9.47 Å². The van der Waals surface area contributed by atoms with Crippen molar-refractivity contribution in [3.8, 4) is 67.1 Å². The second kappa shape index (κ2) is 26.1. The van der Waals surface area contributed by atoms with Gasteiger partial charge in [0.15, 0.2) is 23.3 Å². The van der Waals surface area contributed by atoms with Crippen molar-refractivity contribution >= 4 is 34.1 Å². The number of anilines is 6. The summed E-state index contributed by atoms with van der Waals surface area (Å²) in [6.45, 7) is 8.45. The number of benzene rings is 14. The van der Waals surface area contributed by atoms with Crippen LogP contribution in [-0.4, -0.2) is 13.2 Å². The van der Waals surface area contributed by atoms with Gasteiger partial charge in [-0.05, 0) is 209 Å². The van der Waals surface area contributed by atoms with Crippen molar-refractivity contribution in [2.75, 3.05) is 23.0 Å². The molecule has 0 aliphatic heterocycles. The Balaban J connectivity index is 0.803. The molecule has 0 radical (unpaired) electrons. The van der Waals surface area contributed by atoms with Gasteiger partial charge in [-0.2, -0.15) is 0 Å². The molecule has 14 aromatic rings. The molecule has 16 rings (SSSR count). The maximum absolute atomic E-state index is 15.8. The van der Waals surface area contributed by atoms with Gasteiger partial charge in [-0.1, -0.05) is 232 Å². The van der Waals surface area contributed by atoms with Gasteiger partial charge in [0, 0.05) is 46.3 Å². The zero-order chi connectivity index (χ0) is 67.9. The molecule has 2 aliphatic carbocycles. The fourth-order valence-electron chi connectivity index (χ4n) is 15.1. The van der Waals surface area contributed by atoms with Crippen LogP contribution in [0.4, 0.5) is 51.7 Å². The van der Waals surface area contributed by atoms with Crippen LogP contribution in [0.3, 0.4) is 0 Å². The normalized spacial score (nSPS) is 14.6. The molecule has 4 nitrogen and oxygen atoms in total. The highest BCUT2D eigenvalue weighted by atomic mass is 19.2. The lowest BCUT2D eigenvalue weighted by Gasteiger charge is -2.35. The first-order valence-corrected chi connectivity index (χ1v) is 33.3. The number of ether oxygens (including phenoxy) is 2. The second-order valence-electron chi connectivity index (χ2n) is 25.2. The van der Waals surface area contributed by atoms with Crippen molar-refractivity contribution < 1.29 is 27.0 Å². The molecule has 8 heteroatoms. The first-order chi connectivity index (χ1) is 49.1. The number of halogens is 4. The predicted octanol–water partition coefficient (Wildman–Crippen LogP) is 24.0. The van der Waals surface area contributed by atoms with Gasteiger partial charge < -0.3 is 19.3 Å². The molecule has 0 spiro atoms. The van der Waals surface area contributed by atoms with Crippen LogP contribution in [0.2, 0.25) is 0 Å². The lowest BCUT2D eigenvalue weighted by Crippen LogP contribution is -2.29. The summed E-state index contributed by atoms with van der Waals surface area (Å²) in [4.78, 5) is 3.93. The van der Waals surface area contributed by atoms with E-state index in [-0.39, 0.29) is 0 Å². The highest BCUT2D eigenvalue weighted by molar-refractivity contribution is 5.94. The highest BCUT2D eigenvalue weighted by Gasteiger charge is 2.49. The van der Waals surface area contributed by atoms with E-state index in [1.165, 1.54) is 24.3 Å². The van der Waals surface area contributed by atoms with Crippen LogP contribution in [0.25, 0.3) is 55.6 Å². The molecule has 0 aromatic heterocycles. The number of fused-ring (bicyclic) bond motifs is 6. The number of hydrogen-bond acceptors (Lipinski definition) is 4. The van der Waals surface area contributed by atoms with E-state index in [9.17, 15) is 0 Å². The Morgan fingerprint density at radius 3 is 0.890 bits per heavy atom. The Labute approximate surface area is 579 Å². The van der Waals surface area contributed by atoms with Crippen molar-refractivity contribution in [1.29, 1.82) is 0 Å². The summed E-state index contributed by atoms with van der Waals surface area (Å²) in [5.41, 5.74) is 20.6. The largest absolute Gasteiger partial charge is 0.490 e. The molecule has 0 amide bonds. The molecule has 2 unspecified atom stereocenters. The zero-order valence-electron chi connectivity index (χ0n) is 54.4. The lowest BCUT2D eigenvalue weighted by molar-refractivity contribution is 0.363. The first kappa shape index (κ1) is 62.3. The Morgan fingerprint density at radius 2 is 0.540 bits per heavy atom. The minimum absolute atomic E-state index is 0.361. The Hall–Kier alpha value is -12.5. The maximum atomic E-state index is 15.8. The standard InChI is InChI=1S/C92H64F4N2O2/c1-3-53-99-77-43-31-69(32-44-77)91(67-21-13-7-14-22-67)83-55-65(61-17-9-5-10-18-61)29-47-79(83)81-49-39-73(57-85(81)91)97(75-41-51-87(93)89(95)59-75)71-35-25-63(26-36-71)64-27-37-72(38-28-64)98(76-42-52-88(94)90(96)60-76)74-40-50-82-80-48-30-66(62-19-11-6-12-20-62)56-84(80)92(86(82)58-74,68-23-15-8-16-24-68)70-33-45-78(46-34-70)100-54-4-2/h3-52,55-60H,1-2,53-54H2. The summed E-state index contributed by atoms with van der Waals surface area (Å²) in [6, 6.07) is 109. The molecular formula is C92H64F4N2O2. The average molecular weight is 1310 g/mol. The van der Waals surface area contributed by atoms with Gasteiger partial charge in [0.2, 0.25) is 0 Å². The Morgan fingerprint density at radius 1 is 0.260 bits per heavy atom. The van der Waals surface area contributed by atoms with Crippen molar-refractivity contribution in [2.24, 2.45) is 0 Å². The van der Waals surface area contributed by atoms with Gasteiger partial charge in [-0.15, -0.1) is 0 Å². The van der Waals surface area contributed by atoms with E-state index in [2.05, 4.69) is 207 Å². The molecule has 14 aromatic carbocycles. The predicted molar refractivity (Wildman–Crippen MR) is 398 cm³/mol. The minimum atomic E-state index is -0.978. The lowest BCUT2D eigenvalue weighted by atomic mass is 9.67. The smallest absolute Gasteiger partial charge is 0.160 e. The third-order valence-electron chi connectivity index (χ3n) is 19.6. The third-order valence-corrected chi connectivity index (χ3v) is 19.6. The van der Waals surface area contributed by atoms with E-state index >= 15 is 17.6 Å². The summed E-state index contributed by atoms with van der Waals surface area (Å²) >= 11 is 0. The van der Waals surface area contributed by atoms with Crippen molar-refractivity contribution in [3.05, 3.63) is 421 Å². The van der Waals surface area contributed by atoms with Crippen LogP contribution in [0, 0.1) is 23.3 Å². The van der Waals surface area contributed by atoms with Crippen LogP contribution in [0.15, 0.2) is 353 Å². The van der Waals surface area contributed by atoms with Gasteiger partial charge in [0.05, 0.1) is 10.8 Å². The summed E-state index contributed by atoms with van der Waals surface area (Å²) in [5, 5.41) is 0. The summed E-state index contributed by atoms with van der Waals surface area (Å²) in [6.07, 6.45) is 3.46. The van der Waals surface area contributed by atoms with Crippen LogP contribution in [0.1, 0.15) is 44.5 Å². The quantitative estimate of drug-likeness (QED) is 0.0595. The summed E-state index contributed by atoms with van der Waals surface area (Å²) in [7, 11) is 0. The van der Waals surface area contributed by atoms with Crippen LogP contribution in [0.5, 0.6) is 11.5 Å². The molecule has 0 fully saturated rings. The van der Waals surface area contributed by atoms with Gasteiger partial charge in [-0.3, -0.25) is 0 Å². The fraction of sp³-hybridized carbons (Fsp3) is 0.0435. The minimum Gasteiger partial charge on any atom is -0.490 e. The second-order valence-corrected chi connectivity index (χ2v) is 25.2. The van der Waals surface area contributed by atoms with E-state index < -0.39 is 34.1 Å². The van der Waals surface area contributed by atoms with Crippen LogP contribution >= 0.6 is 0 Å². The molecular weight excluding hydrogens is 1240 g/mol. The topological polar surface area (TPSA) is 24.9 Å². The van der Waals surface area contributed by atoms with E-state index in [1.54, 1.807) is 24.3 Å². The zero-order valence-corrected chi connectivity index (χ0v) is 54.4. The van der Waals surface area contributed by atoms with Gasteiger partial charge in [-0.25, -0.2) is 17.6 Å². The molecule has 0 bridgehead atoms. The summed E-state index contributed by atoms with van der Waals surface area (Å²) < 4.78 is 73.9. The Bertz CT molecular complexity index is 5040. The molecule has 0 N–H and O–H groups in total. The highest BCUT2D eigenvalue weighted by Crippen LogP contribution is 2.60. The molecule has 482 valence electrons. The molecule has 2 atom stereocenters. The number of nitrogens with zero attached hydrogens (tertiary/aromatic N) is 2. The third kappa shape index (κ3) is 10.8. The number of hydrogen-bond donors (Lipinski definition) is 0. The molecule has 0 saturated heterocycles. The van der Waals surface area contributed by atoms with Crippen molar-refractivity contribution in [3.63, 3.8) is 0 Å². The van der Waals surface area contributed by atoms with Gasteiger partial charge in [0.1, 0.15) is 24.7 Å². The molecule has 2 aliphatic rings. The van der Waals surface area contributed by atoms with Crippen LogP contribution < -0.4 is 19.3 Å². The summed E-state index contributed by atoms with van der Waals surface area (Å²) in [5.74, 6) is -2.44.